The molecule has 1 fully saturated rings. The Morgan fingerprint density at radius 2 is 1.74 bits per heavy atom. The fourth-order valence-corrected chi connectivity index (χ4v) is 3.51. The van der Waals surface area contributed by atoms with Crippen LogP contribution < -0.4 is 15.1 Å². The molecule has 2 aromatic carbocycles. The van der Waals surface area contributed by atoms with Crippen molar-refractivity contribution in [1.29, 1.82) is 0 Å². The van der Waals surface area contributed by atoms with E-state index in [0.717, 1.165) is 43.3 Å². The van der Waals surface area contributed by atoms with Gasteiger partial charge in [-0.2, -0.15) is 0 Å². The lowest BCUT2D eigenvalue weighted by molar-refractivity contribution is -0.880. The maximum Gasteiger partial charge on any atom is 0.282 e. The van der Waals surface area contributed by atoms with Gasteiger partial charge in [-0.15, -0.1) is 10.2 Å². The molecule has 158 valence electrons. The summed E-state index contributed by atoms with van der Waals surface area (Å²) < 4.78 is 0. The molecular weight excluding hydrogens is 396 g/mol. The third-order valence-corrected chi connectivity index (χ3v) is 5.38. The van der Waals surface area contributed by atoms with Gasteiger partial charge in [0.05, 0.1) is 43.8 Å². The second-order valence-corrected chi connectivity index (χ2v) is 7.53. The van der Waals surface area contributed by atoms with Gasteiger partial charge in [0.15, 0.2) is 5.82 Å². The molecule has 0 spiro atoms. The molecule has 1 aromatic heterocycles. The van der Waals surface area contributed by atoms with E-state index < -0.39 is 10.8 Å². The third-order valence-electron chi connectivity index (χ3n) is 5.38. The van der Waals surface area contributed by atoms with E-state index in [-0.39, 0.29) is 11.3 Å². The second kappa shape index (κ2) is 8.88. The van der Waals surface area contributed by atoms with Gasteiger partial charge in [-0.3, -0.25) is 14.9 Å². The van der Waals surface area contributed by atoms with Crippen molar-refractivity contribution in [1.82, 2.24) is 10.2 Å². The largest absolute Gasteiger partial charge is 0.344 e. The Morgan fingerprint density at radius 3 is 2.39 bits per heavy atom. The quantitative estimate of drug-likeness (QED) is 0.481. The summed E-state index contributed by atoms with van der Waals surface area (Å²) in [5.41, 5.74) is 1.93. The van der Waals surface area contributed by atoms with Crippen molar-refractivity contribution >= 4 is 23.1 Å². The van der Waals surface area contributed by atoms with Crippen LogP contribution >= 0.6 is 0 Å². The number of nitro benzene ring substituents is 1. The van der Waals surface area contributed by atoms with Crippen LogP contribution in [0.25, 0.3) is 11.3 Å². The average Bonchev–Trinajstić information content (AvgIpc) is 2.80. The van der Waals surface area contributed by atoms with E-state index in [1.807, 2.05) is 24.3 Å². The molecule has 1 aliphatic rings. The maximum absolute atomic E-state index is 12.5. The standard InChI is InChI=1S/C22H22N6O3/c1-26-12-14-27(15-13-26)21-11-10-19(24-25-21)16-6-8-17(9-7-16)23-22(29)18-4-2-3-5-20(18)28(30)31/h2-11H,12-15H2,1H3,(H,23,29)/p+1. The van der Waals surface area contributed by atoms with Crippen molar-refractivity contribution in [3.8, 4) is 11.3 Å². The number of nitro groups is 1. The Bertz CT molecular complexity index is 1080. The van der Waals surface area contributed by atoms with Crippen LogP contribution in [0.1, 0.15) is 10.4 Å². The van der Waals surface area contributed by atoms with Gasteiger partial charge in [0, 0.05) is 17.3 Å². The molecule has 0 radical (unpaired) electrons. The Morgan fingerprint density at radius 1 is 1.03 bits per heavy atom. The highest BCUT2D eigenvalue weighted by atomic mass is 16.6. The molecule has 0 bridgehead atoms. The highest BCUT2D eigenvalue weighted by molar-refractivity contribution is 6.07. The molecule has 9 nitrogen and oxygen atoms in total. The van der Waals surface area contributed by atoms with Gasteiger partial charge in [0.1, 0.15) is 5.56 Å². The predicted molar refractivity (Wildman–Crippen MR) is 117 cm³/mol. The topological polar surface area (TPSA) is 106 Å². The van der Waals surface area contributed by atoms with Gasteiger partial charge in [-0.05, 0) is 30.3 Å². The monoisotopic (exact) mass is 419 g/mol. The zero-order chi connectivity index (χ0) is 21.8. The average molecular weight is 419 g/mol. The van der Waals surface area contributed by atoms with Gasteiger partial charge in [0.2, 0.25) is 0 Å². The Labute approximate surface area is 179 Å². The number of piperazine rings is 1. The number of nitrogens with zero attached hydrogens (tertiary/aromatic N) is 4. The first kappa shape index (κ1) is 20.4. The van der Waals surface area contributed by atoms with E-state index in [1.165, 1.54) is 23.1 Å². The van der Waals surface area contributed by atoms with Gasteiger partial charge in [-0.25, -0.2) is 0 Å². The molecule has 1 aliphatic heterocycles. The first-order valence-corrected chi connectivity index (χ1v) is 10.1. The summed E-state index contributed by atoms with van der Waals surface area (Å²) in [6.45, 7) is 4.10. The molecule has 3 aromatic rings. The number of benzene rings is 2. The summed E-state index contributed by atoms with van der Waals surface area (Å²) >= 11 is 0. The van der Waals surface area contributed by atoms with Crippen molar-refractivity contribution < 1.29 is 14.6 Å². The number of carbonyl (C=O) groups is 1. The Balaban J connectivity index is 1.44. The van der Waals surface area contributed by atoms with E-state index in [9.17, 15) is 14.9 Å². The van der Waals surface area contributed by atoms with Crippen LogP contribution in [-0.4, -0.2) is 54.3 Å². The van der Waals surface area contributed by atoms with E-state index >= 15 is 0 Å². The summed E-state index contributed by atoms with van der Waals surface area (Å²) in [5.74, 6) is 0.350. The normalized spacial score (nSPS) is 14.3. The molecule has 2 N–H and O–H groups in total. The highest BCUT2D eigenvalue weighted by Gasteiger charge is 2.20. The lowest BCUT2D eigenvalue weighted by Crippen LogP contribution is -3.12. The lowest BCUT2D eigenvalue weighted by atomic mass is 10.1. The molecule has 0 aliphatic carbocycles. The molecule has 0 saturated carbocycles. The minimum atomic E-state index is -0.566. The van der Waals surface area contributed by atoms with E-state index in [0.29, 0.717) is 5.69 Å². The van der Waals surface area contributed by atoms with Crippen LogP contribution in [0.4, 0.5) is 17.2 Å². The molecule has 0 atom stereocenters. The summed E-state index contributed by atoms with van der Waals surface area (Å²) in [4.78, 5) is 26.8. The number of rotatable bonds is 5. The van der Waals surface area contributed by atoms with Crippen LogP contribution in [0.3, 0.4) is 0 Å². The molecule has 9 heteroatoms. The van der Waals surface area contributed by atoms with Crippen LogP contribution in [0.2, 0.25) is 0 Å². The minimum Gasteiger partial charge on any atom is -0.344 e. The van der Waals surface area contributed by atoms with E-state index in [4.69, 9.17) is 0 Å². The van der Waals surface area contributed by atoms with E-state index in [1.54, 1.807) is 18.2 Å². The molecule has 1 saturated heterocycles. The highest BCUT2D eigenvalue weighted by Crippen LogP contribution is 2.23. The summed E-state index contributed by atoms with van der Waals surface area (Å²) in [5, 5.41) is 22.6. The van der Waals surface area contributed by atoms with Gasteiger partial charge in [-0.1, -0.05) is 24.3 Å². The second-order valence-electron chi connectivity index (χ2n) is 7.53. The van der Waals surface area contributed by atoms with Crippen molar-refractivity contribution in [3.63, 3.8) is 0 Å². The lowest BCUT2D eigenvalue weighted by Gasteiger charge is -2.30. The predicted octanol–water partition coefficient (Wildman–Crippen LogP) is 1.64. The minimum absolute atomic E-state index is 0.0172. The molecule has 2 heterocycles. The zero-order valence-electron chi connectivity index (χ0n) is 17.1. The van der Waals surface area contributed by atoms with Crippen LogP contribution in [0, 0.1) is 10.1 Å². The first-order valence-electron chi connectivity index (χ1n) is 10.1. The van der Waals surface area contributed by atoms with Crippen molar-refractivity contribution in [2.75, 3.05) is 43.4 Å². The molecular formula is C22H23N6O3+. The fourth-order valence-electron chi connectivity index (χ4n) is 3.51. The fraction of sp³-hybridized carbons (Fsp3) is 0.227. The van der Waals surface area contributed by atoms with Crippen LogP contribution in [0.15, 0.2) is 60.7 Å². The molecule has 0 unspecified atom stereocenters. The molecule has 1 amide bonds. The number of nitrogens with one attached hydrogen (secondary N) is 2. The number of hydrogen-bond acceptors (Lipinski definition) is 6. The Kier molecular flexibility index (Phi) is 5.85. The van der Waals surface area contributed by atoms with Crippen LogP contribution in [0.5, 0.6) is 0 Å². The maximum atomic E-state index is 12.5. The van der Waals surface area contributed by atoms with Gasteiger partial charge >= 0.3 is 0 Å². The SMILES string of the molecule is C[NH+]1CCN(c2ccc(-c3ccc(NC(=O)c4ccccc4[N+](=O)[O-])cc3)nn2)CC1. The van der Waals surface area contributed by atoms with Crippen molar-refractivity contribution in [2.45, 2.75) is 0 Å². The first-order chi connectivity index (χ1) is 15.0. The smallest absolute Gasteiger partial charge is 0.282 e. The third kappa shape index (κ3) is 4.67. The Hall–Kier alpha value is -3.85. The summed E-state index contributed by atoms with van der Waals surface area (Å²) in [6.07, 6.45) is 0. The summed E-state index contributed by atoms with van der Waals surface area (Å²) in [6, 6.07) is 16.9. The van der Waals surface area contributed by atoms with Gasteiger partial charge in [0.25, 0.3) is 11.6 Å². The molecule has 4 rings (SSSR count). The number of likely N-dealkylation sites (N-methyl/N-ethyl adjacent to an activating group) is 1. The number of hydrogen-bond donors (Lipinski definition) is 2. The number of aromatic nitrogens is 2. The van der Waals surface area contributed by atoms with Gasteiger partial charge < -0.3 is 15.1 Å². The van der Waals surface area contributed by atoms with Crippen molar-refractivity contribution in [3.05, 3.63) is 76.3 Å². The number of amides is 1. The number of anilines is 2. The number of para-hydroxylation sites is 1. The van der Waals surface area contributed by atoms with Crippen molar-refractivity contribution in [2.24, 2.45) is 0 Å². The number of carbonyl (C=O) groups excluding carboxylic acids is 1. The molecule has 31 heavy (non-hydrogen) atoms. The zero-order valence-corrected chi connectivity index (χ0v) is 17.1. The number of quaternary nitrogens is 1. The van der Waals surface area contributed by atoms with E-state index in [2.05, 4.69) is 27.5 Å². The van der Waals surface area contributed by atoms with Crippen LogP contribution in [-0.2, 0) is 0 Å². The summed E-state index contributed by atoms with van der Waals surface area (Å²) in [7, 11) is 2.19.